The SMILES string of the molecule is NCCCCC(N)C(=O)NC(CC(N)=O)C(=O)NC(Cc1c[nH]c2ccccc12)C(=O)NC(CCC(=O)O)C(=O)O. The van der Waals surface area contributed by atoms with Crippen LogP contribution in [0, 0.1) is 0 Å². The number of nitrogens with two attached hydrogens (primary N) is 3. The number of hydrogen-bond acceptors (Lipinski definition) is 8. The molecule has 0 fully saturated rings. The lowest BCUT2D eigenvalue weighted by Gasteiger charge is -2.25. The van der Waals surface area contributed by atoms with Crippen LogP contribution in [0.3, 0.4) is 0 Å². The summed E-state index contributed by atoms with van der Waals surface area (Å²) in [5, 5.41) is 26.3. The van der Waals surface area contributed by atoms with Crippen molar-refractivity contribution in [1.82, 2.24) is 20.9 Å². The normalized spacial score (nSPS) is 13.9. The maximum Gasteiger partial charge on any atom is 0.326 e. The van der Waals surface area contributed by atoms with Gasteiger partial charge >= 0.3 is 11.9 Å². The summed E-state index contributed by atoms with van der Waals surface area (Å²) in [6.07, 6.45) is 1.50. The number of carboxylic acid groups (broad SMARTS) is 2. The molecule has 4 unspecified atom stereocenters. The van der Waals surface area contributed by atoms with E-state index in [2.05, 4.69) is 20.9 Å². The third-order valence-electron chi connectivity index (χ3n) is 6.34. The van der Waals surface area contributed by atoms with Crippen LogP contribution in [-0.2, 0) is 35.2 Å². The molecule has 0 radical (unpaired) electrons. The van der Waals surface area contributed by atoms with Gasteiger partial charge in [-0.3, -0.25) is 24.0 Å². The summed E-state index contributed by atoms with van der Waals surface area (Å²) in [6, 6.07) is 1.77. The number of aromatic nitrogens is 1. The Morgan fingerprint density at radius 3 is 2.12 bits per heavy atom. The Labute approximate surface area is 235 Å². The molecule has 41 heavy (non-hydrogen) atoms. The average Bonchev–Trinajstić information content (AvgIpc) is 3.32. The summed E-state index contributed by atoms with van der Waals surface area (Å²) in [5.74, 6) is -6.16. The number of primary amides is 1. The summed E-state index contributed by atoms with van der Waals surface area (Å²) in [5.41, 5.74) is 18.0. The monoisotopic (exact) mass is 575 g/mol. The van der Waals surface area contributed by atoms with E-state index in [-0.39, 0.29) is 12.8 Å². The largest absolute Gasteiger partial charge is 0.481 e. The minimum atomic E-state index is -1.55. The van der Waals surface area contributed by atoms with Crippen LogP contribution < -0.4 is 33.2 Å². The lowest BCUT2D eigenvalue weighted by molar-refractivity contribution is -0.143. The second-order valence-electron chi connectivity index (χ2n) is 9.58. The van der Waals surface area contributed by atoms with E-state index in [1.807, 2.05) is 0 Å². The second kappa shape index (κ2) is 15.9. The summed E-state index contributed by atoms with van der Waals surface area (Å²) < 4.78 is 0. The molecule has 0 aliphatic carbocycles. The molecule has 0 aliphatic heterocycles. The van der Waals surface area contributed by atoms with E-state index in [0.717, 1.165) is 10.9 Å². The minimum absolute atomic E-state index is 0.108. The van der Waals surface area contributed by atoms with Crippen LogP contribution in [0.4, 0.5) is 0 Å². The number of carboxylic acids is 2. The predicted octanol–water partition coefficient (Wildman–Crippen LogP) is -1.55. The summed E-state index contributed by atoms with van der Waals surface area (Å²) in [7, 11) is 0. The van der Waals surface area contributed by atoms with Crippen LogP contribution in [0.1, 0.15) is 44.1 Å². The minimum Gasteiger partial charge on any atom is -0.481 e. The van der Waals surface area contributed by atoms with Crippen molar-refractivity contribution >= 4 is 46.5 Å². The molecule has 2 aromatic rings. The fourth-order valence-electron chi connectivity index (χ4n) is 4.13. The number of rotatable bonds is 18. The number of amides is 4. The van der Waals surface area contributed by atoms with Crippen molar-refractivity contribution in [3.8, 4) is 0 Å². The van der Waals surface area contributed by atoms with Gasteiger partial charge in [-0.2, -0.15) is 0 Å². The van der Waals surface area contributed by atoms with E-state index in [1.165, 1.54) is 0 Å². The number of carbonyl (C=O) groups is 6. The third kappa shape index (κ3) is 10.5. The number of aliphatic carboxylic acids is 2. The topological polar surface area (TPSA) is 273 Å². The first-order valence-electron chi connectivity index (χ1n) is 13.1. The number of fused-ring (bicyclic) bond motifs is 1. The van der Waals surface area contributed by atoms with Crippen LogP contribution in [0.15, 0.2) is 30.5 Å². The molecule has 15 heteroatoms. The predicted molar refractivity (Wildman–Crippen MR) is 147 cm³/mol. The maximum absolute atomic E-state index is 13.3. The molecule has 1 aromatic heterocycles. The highest BCUT2D eigenvalue weighted by Gasteiger charge is 2.32. The van der Waals surface area contributed by atoms with E-state index < -0.39 is 79.0 Å². The fourth-order valence-corrected chi connectivity index (χ4v) is 4.13. The summed E-state index contributed by atoms with van der Waals surface area (Å²) in [4.78, 5) is 76.5. The standard InChI is InChI=1S/C26H37N7O8/c27-10-4-3-6-16(28)23(37)32-20(12-21(29)34)25(39)33-19(11-14-13-30-17-7-2-1-5-15(14)17)24(38)31-18(26(40)41)8-9-22(35)36/h1-2,5,7,13,16,18-20,30H,3-4,6,8-12,27-28H2,(H2,29,34)(H,31,38)(H,32,37)(H,33,39)(H,35,36)(H,40,41). The number of para-hydroxylation sites is 1. The molecule has 224 valence electrons. The molecule has 0 saturated carbocycles. The van der Waals surface area contributed by atoms with Gasteiger partial charge in [0.15, 0.2) is 0 Å². The van der Waals surface area contributed by atoms with E-state index >= 15 is 0 Å². The molecule has 12 N–H and O–H groups in total. The molecule has 0 aliphatic rings. The molecule has 4 atom stereocenters. The van der Waals surface area contributed by atoms with Gasteiger partial charge in [-0.05, 0) is 37.4 Å². The van der Waals surface area contributed by atoms with Gasteiger partial charge in [0.2, 0.25) is 23.6 Å². The van der Waals surface area contributed by atoms with Crippen molar-refractivity contribution in [2.24, 2.45) is 17.2 Å². The number of aromatic amines is 1. The molecule has 2 rings (SSSR count). The Morgan fingerprint density at radius 2 is 1.49 bits per heavy atom. The molecule has 15 nitrogen and oxygen atoms in total. The van der Waals surface area contributed by atoms with Crippen LogP contribution in [0.25, 0.3) is 10.9 Å². The van der Waals surface area contributed by atoms with Gasteiger partial charge < -0.3 is 48.3 Å². The Balaban J connectivity index is 2.29. The van der Waals surface area contributed by atoms with Crippen LogP contribution >= 0.6 is 0 Å². The lowest BCUT2D eigenvalue weighted by atomic mass is 10.0. The van der Waals surface area contributed by atoms with Crippen molar-refractivity contribution in [2.45, 2.75) is 69.1 Å². The summed E-state index contributed by atoms with van der Waals surface area (Å²) in [6.45, 7) is 0.417. The lowest BCUT2D eigenvalue weighted by Crippen LogP contribution is -2.58. The Hall–Kier alpha value is -4.50. The van der Waals surface area contributed by atoms with Gasteiger partial charge in [-0.15, -0.1) is 0 Å². The van der Waals surface area contributed by atoms with Gasteiger partial charge in [-0.1, -0.05) is 24.6 Å². The van der Waals surface area contributed by atoms with Crippen molar-refractivity contribution in [3.05, 3.63) is 36.0 Å². The Bertz CT molecular complexity index is 1250. The highest BCUT2D eigenvalue weighted by atomic mass is 16.4. The molecule has 0 spiro atoms. The van der Waals surface area contributed by atoms with Gasteiger partial charge in [-0.25, -0.2) is 4.79 Å². The molecule has 1 heterocycles. The first-order valence-corrected chi connectivity index (χ1v) is 13.1. The molecular weight excluding hydrogens is 538 g/mol. The number of hydrogen-bond donors (Lipinski definition) is 9. The van der Waals surface area contributed by atoms with E-state index in [0.29, 0.717) is 24.9 Å². The molecule has 4 amide bonds. The van der Waals surface area contributed by atoms with Gasteiger partial charge in [0, 0.05) is 29.9 Å². The smallest absolute Gasteiger partial charge is 0.326 e. The fraction of sp³-hybridized carbons (Fsp3) is 0.462. The van der Waals surface area contributed by atoms with Crippen molar-refractivity contribution in [1.29, 1.82) is 0 Å². The first kappa shape index (κ1) is 32.7. The highest BCUT2D eigenvalue weighted by molar-refractivity contribution is 5.96. The molecular formula is C26H37N7O8. The zero-order chi connectivity index (χ0) is 30.5. The second-order valence-corrected chi connectivity index (χ2v) is 9.58. The van der Waals surface area contributed by atoms with Gasteiger partial charge in [0.25, 0.3) is 0 Å². The Morgan fingerprint density at radius 1 is 0.854 bits per heavy atom. The summed E-state index contributed by atoms with van der Waals surface area (Å²) >= 11 is 0. The van der Waals surface area contributed by atoms with Crippen molar-refractivity contribution in [3.63, 3.8) is 0 Å². The molecule has 1 aromatic carbocycles. The number of nitrogens with one attached hydrogen (secondary N) is 4. The van der Waals surface area contributed by atoms with E-state index in [1.54, 1.807) is 30.5 Å². The number of unbranched alkanes of at least 4 members (excludes halogenated alkanes) is 1. The quantitative estimate of drug-likeness (QED) is 0.0922. The zero-order valence-electron chi connectivity index (χ0n) is 22.4. The van der Waals surface area contributed by atoms with Crippen LogP contribution in [0.2, 0.25) is 0 Å². The van der Waals surface area contributed by atoms with Gasteiger partial charge in [0.1, 0.15) is 18.1 Å². The Kier molecular flexibility index (Phi) is 12.7. The number of carbonyl (C=O) groups excluding carboxylic acids is 4. The van der Waals surface area contributed by atoms with E-state index in [9.17, 15) is 33.9 Å². The number of H-pyrrole nitrogens is 1. The van der Waals surface area contributed by atoms with Crippen molar-refractivity contribution in [2.75, 3.05) is 6.54 Å². The first-order chi connectivity index (χ1) is 19.4. The highest BCUT2D eigenvalue weighted by Crippen LogP contribution is 2.19. The maximum atomic E-state index is 13.3. The van der Waals surface area contributed by atoms with Gasteiger partial charge in [0.05, 0.1) is 12.5 Å². The zero-order valence-corrected chi connectivity index (χ0v) is 22.4. The molecule has 0 saturated heterocycles. The van der Waals surface area contributed by atoms with Crippen molar-refractivity contribution < 1.29 is 39.0 Å². The number of benzene rings is 1. The third-order valence-corrected chi connectivity index (χ3v) is 6.34. The van der Waals surface area contributed by atoms with Crippen LogP contribution in [-0.4, -0.2) is 81.5 Å². The average molecular weight is 576 g/mol. The molecule has 0 bridgehead atoms. The van der Waals surface area contributed by atoms with Crippen LogP contribution in [0.5, 0.6) is 0 Å². The van der Waals surface area contributed by atoms with E-state index in [4.69, 9.17) is 22.3 Å².